The van der Waals surface area contributed by atoms with Crippen LogP contribution in [-0.4, -0.2) is 63.8 Å². The second-order valence-corrected chi connectivity index (χ2v) is 14.6. The van der Waals surface area contributed by atoms with Gasteiger partial charge in [-0.3, -0.25) is 19.2 Å². The fourth-order valence-electron chi connectivity index (χ4n) is 7.24. The minimum atomic E-state index is -1.40. The molecule has 3 rings (SSSR count). The molecule has 6 atom stereocenters. The molecule has 3 heterocycles. The van der Waals surface area contributed by atoms with Gasteiger partial charge in [-0.2, -0.15) is 0 Å². The number of aliphatic hydroxyl groups excluding tert-OH is 1. The van der Waals surface area contributed by atoms with Gasteiger partial charge in [-0.1, -0.05) is 72.1 Å². The first-order chi connectivity index (χ1) is 18.7. The molecule has 40 heavy (non-hydrogen) atoms. The van der Waals surface area contributed by atoms with Crippen LogP contribution in [0.4, 0.5) is 0 Å². The van der Waals surface area contributed by atoms with E-state index in [1.165, 1.54) is 0 Å². The maximum absolute atomic E-state index is 14.2. The molecule has 0 saturated carbocycles. The van der Waals surface area contributed by atoms with Gasteiger partial charge in [-0.15, -0.1) is 0 Å². The summed E-state index contributed by atoms with van der Waals surface area (Å²) in [5.74, 6) is -2.18. The summed E-state index contributed by atoms with van der Waals surface area (Å²) < 4.78 is 6.30. The van der Waals surface area contributed by atoms with Crippen LogP contribution in [-0.2, 0) is 23.9 Å². The van der Waals surface area contributed by atoms with Gasteiger partial charge >= 0.3 is 0 Å². The number of aliphatic hydroxyl groups is 1. The summed E-state index contributed by atoms with van der Waals surface area (Å²) in [4.78, 5) is 54.9. The number of primary amides is 1. The predicted molar refractivity (Wildman–Crippen MR) is 154 cm³/mol. The molecule has 0 aromatic carbocycles. The number of carbonyl (C=O) groups is 4. The number of hydrogen-bond donors (Lipinski definition) is 2. The van der Waals surface area contributed by atoms with E-state index in [0.717, 1.165) is 51.4 Å². The largest absolute Gasteiger partial charge is 0.383 e. The molecule has 0 radical (unpaired) electrons. The lowest BCUT2D eigenvalue weighted by Gasteiger charge is -2.33. The summed E-state index contributed by atoms with van der Waals surface area (Å²) in [6, 6.07) is -0.683. The van der Waals surface area contributed by atoms with Crippen molar-refractivity contribution in [2.75, 3.05) is 6.54 Å². The zero-order valence-electron chi connectivity index (χ0n) is 25.6. The first kappa shape index (κ1) is 32.7. The Bertz CT molecular complexity index is 910. The minimum Gasteiger partial charge on any atom is -0.383 e. The van der Waals surface area contributed by atoms with Crippen molar-refractivity contribution in [3.63, 3.8) is 0 Å². The van der Waals surface area contributed by atoms with Gasteiger partial charge in [-0.25, -0.2) is 0 Å². The molecule has 2 unspecified atom stereocenters. The normalized spacial score (nSPS) is 31.8. The molecular formula is C32H54N2O6. The van der Waals surface area contributed by atoms with E-state index >= 15 is 0 Å². The van der Waals surface area contributed by atoms with Gasteiger partial charge in [0.15, 0.2) is 5.78 Å². The standard InChI is InChI=1S/C32H54N2O6/c1-31(2,3)18-23(35)16-22-15-13-11-9-7-6-8-10-12-14-21(28(37)29(33)38)17-25(36)27-24-19-32(4,5)40-26(24)20-34(27)30(22)39/h21-22,24,26-28,37H,6-20H2,1-5H3,(H2,33,38)/t21-,22-,24+,26?,27+,28?/m1/s1. The van der Waals surface area contributed by atoms with Crippen LogP contribution in [0.5, 0.6) is 0 Å². The van der Waals surface area contributed by atoms with E-state index in [1.807, 2.05) is 34.6 Å². The van der Waals surface area contributed by atoms with Crippen molar-refractivity contribution in [3.8, 4) is 0 Å². The zero-order valence-corrected chi connectivity index (χ0v) is 25.6. The number of rotatable bonds is 5. The Kier molecular flexibility index (Phi) is 11.4. The molecule has 0 aromatic heterocycles. The van der Waals surface area contributed by atoms with Crippen molar-refractivity contribution in [2.24, 2.45) is 28.9 Å². The van der Waals surface area contributed by atoms with Crippen molar-refractivity contribution in [1.29, 1.82) is 0 Å². The molecule has 0 aliphatic carbocycles. The maximum Gasteiger partial charge on any atom is 0.246 e. The highest BCUT2D eigenvalue weighted by atomic mass is 16.5. The van der Waals surface area contributed by atoms with Gasteiger partial charge < -0.3 is 20.5 Å². The van der Waals surface area contributed by atoms with Crippen LogP contribution in [0.1, 0.15) is 125 Å². The van der Waals surface area contributed by atoms with Crippen molar-refractivity contribution < 1.29 is 29.0 Å². The van der Waals surface area contributed by atoms with Crippen LogP contribution in [0.2, 0.25) is 0 Å². The number of hydrogen-bond acceptors (Lipinski definition) is 6. The highest BCUT2D eigenvalue weighted by Crippen LogP contribution is 2.44. The number of amides is 2. The van der Waals surface area contributed by atoms with Crippen molar-refractivity contribution >= 4 is 23.4 Å². The molecule has 0 bridgehead atoms. The first-order valence-electron chi connectivity index (χ1n) is 15.7. The lowest BCUT2D eigenvalue weighted by Crippen LogP contribution is -2.48. The summed E-state index contributed by atoms with van der Waals surface area (Å²) >= 11 is 0. The average molecular weight is 563 g/mol. The maximum atomic E-state index is 14.2. The lowest BCUT2D eigenvalue weighted by molar-refractivity contribution is -0.145. The number of carbonyl (C=O) groups excluding carboxylic acids is 4. The molecule has 0 spiro atoms. The summed E-state index contributed by atoms with van der Waals surface area (Å²) in [6.07, 6.45) is 8.88. The summed E-state index contributed by atoms with van der Waals surface area (Å²) in [5.41, 5.74) is 4.92. The van der Waals surface area contributed by atoms with E-state index in [1.54, 1.807) is 4.90 Å². The summed E-state index contributed by atoms with van der Waals surface area (Å²) in [7, 11) is 0. The van der Waals surface area contributed by atoms with Crippen LogP contribution in [0.15, 0.2) is 0 Å². The number of nitrogens with two attached hydrogens (primary N) is 1. The Labute approximate surface area is 241 Å². The second kappa shape index (κ2) is 13.9. The van der Waals surface area contributed by atoms with E-state index in [-0.39, 0.29) is 47.8 Å². The molecular weight excluding hydrogens is 508 g/mol. The Morgan fingerprint density at radius 2 is 1.60 bits per heavy atom. The molecule has 8 nitrogen and oxygen atoms in total. The van der Waals surface area contributed by atoms with Crippen LogP contribution < -0.4 is 5.73 Å². The highest BCUT2D eigenvalue weighted by molar-refractivity contribution is 5.93. The highest BCUT2D eigenvalue weighted by Gasteiger charge is 2.55. The molecule has 8 heteroatoms. The molecule has 3 aliphatic heterocycles. The number of fused-ring (bicyclic) bond motifs is 3. The molecule has 2 amide bonds. The van der Waals surface area contributed by atoms with E-state index in [0.29, 0.717) is 32.2 Å². The Balaban J connectivity index is 1.91. The van der Waals surface area contributed by atoms with Gasteiger partial charge in [-0.05, 0) is 38.5 Å². The lowest BCUT2D eigenvalue weighted by atomic mass is 9.82. The monoisotopic (exact) mass is 562 g/mol. The third kappa shape index (κ3) is 9.10. The van der Waals surface area contributed by atoms with Crippen LogP contribution in [0.25, 0.3) is 0 Å². The van der Waals surface area contributed by atoms with Crippen molar-refractivity contribution in [2.45, 2.75) is 148 Å². The molecule has 3 saturated heterocycles. The van der Waals surface area contributed by atoms with Gasteiger partial charge in [0.25, 0.3) is 0 Å². The fraction of sp³-hybridized carbons (Fsp3) is 0.875. The van der Waals surface area contributed by atoms with E-state index < -0.39 is 35.5 Å². The minimum absolute atomic E-state index is 0.00414. The average Bonchev–Trinajstić information content (AvgIpc) is 3.32. The van der Waals surface area contributed by atoms with E-state index in [2.05, 4.69) is 0 Å². The van der Waals surface area contributed by atoms with Crippen LogP contribution in [0.3, 0.4) is 0 Å². The van der Waals surface area contributed by atoms with Crippen molar-refractivity contribution in [1.82, 2.24) is 4.90 Å². The predicted octanol–water partition coefficient (Wildman–Crippen LogP) is 4.73. The van der Waals surface area contributed by atoms with Gasteiger partial charge in [0.1, 0.15) is 11.9 Å². The smallest absolute Gasteiger partial charge is 0.246 e. The third-order valence-electron chi connectivity index (χ3n) is 9.04. The molecule has 3 N–H and O–H groups in total. The number of Topliss-reactive ketones (excluding diaryl/α,β-unsaturated/α-hetero) is 2. The molecule has 228 valence electrons. The van der Waals surface area contributed by atoms with Gasteiger partial charge in [0.05, 0.1) is 17.7 Å². The SMILES string of the molecule is CC(C)(C)CC(=O)C[C@H]1CCCCCCCCCC[C@@H](C(O)C(N)=O)CC(=O)[C@@H]2[C@H]3CC(C)(C)OC3CN2C1=O. The fourth-order valence-corrected chi connectivity index (χ4v) is 7.24. The van der Waals surface area contributed by atoms with E-state index in [4.69, 9.17) is 10.5 Å². The Morgan fingerprint density at radius 1 is 1.02 bits per heavy atom. The molecule has 3 fully saturated rings. The van der Waals surface area contributed by atoms with Gasteiger partial charge in [0.2, 0.25) is 11.8 Å². The van der Waals surface area contributed by atoms with Gasteiger partial charge in [0, 0.05) is 43.6 Å². The van der Waals surface area contributed by atoms with Crippen LogP contribution >= 0.6 is 0 Å². The second-order valence-electron chi connectivity index (χ2n) is 14.6. The third-order valence-corrected chi connectivity index (χ3v) is 9.04. The Hall–Kier alpha value is -1.80. The zero-order chi connectivity index (χ0) is 29.7. The Morgan fingerprint density at radius 3 is 2.17 bits per heavy atom. The number of ketones is 2. The van der Waals surface area contributed by atoms with Crippen LogP contribution in [0, 0.1) is 23.2 Å². The number of ether oxygens (including phenoxy) is 1. The number of nitrogens with zero attached hydrogens (tertiary/aromatic N) is 1. The quantitative estimate of drug-likeness (QED) is 0.499. The molecule has 3 aliphatic rings. The topological polar surface area (TPSA) is 127 Å². The first-order valence-corrected chi connectivity index (χ1v) is 15.7. The van der Waals surface area contributed by atoms with Crippen molar-refractivity contribution in [3.05, 3.63) is 0 Å². The van der Waals surface area contributed by atoms with E-state index in [9.17, 15) is 24.3 Å². The summed E-state index contributed by atoms with van der Waals surface area (Å²) in [6.45, 7) is 10.4. The molecule has 0 aromatic rings. The summed E-state index contributed by atoms with van der Waals surface area (Å²) in [5, 5.41) is 10.6.